The molecule has 0 aliphatic carbocycles. The van der Waals surface area contributed by atoms with E-state index in [2.05, 4.69) is 4.90 Å². The van der Waals surface area contributed by atoms with Gasteiger partial charge in [-0.05, 0) is 54.1 Å². The molecule has 0 atom stereocenters. The number of anilines is 1. The highest BCUT2D eigenvalue weighted by atomic mass is 32.2. The molecule has 7 nitrogen and oxygen atoms in total. The summed E-state index contributed by atoms with van der Waals surface area (Å²) in [5.74, 6) is -0.378. The second-order valence-corrected chi connectivity index (χ2v) is 9.92. The zero-order chi connectivity index (χ0) is 24.7. The van der Waals surface area contributed by atoms with Gasteiger partial charge in [-0.2, -0.15) is 0 Å². The number of amides is 1. The number of para-hydroxylation sites is 1. The lowest BCUT2D eigenvalue weighted by molar-refractivity contribution is -0.122. The summed E-state index contributed by atoms with van der Waals surface area (Å²) in [5.41, 5.74) is 2.03. The number of carbonyl (C=O) groups excluding carboxylic acids is 1. The van der Waals surface area contributed by atoms with Crippen LogP contribution in [0.1, 0.15) is 12.0 Å². The van der Waals surface area contributed by atoms with Crippen LogP contribution in [0, 0.1) is 5.82 Å². The third kappa shape index (κ3) is 6.15. The summed E-state index contributed by atoms with van der Waals surface area (Å²) in [5, 5.41) is 0.657. The molecule has 0 bridgehead atoms. The molecule has 2 aromatic rings. The predicted molar refractivity (Wildman–Crippen MR) is 142 cm³/mol. The van der Waals surface area contributed by atoms with Gasteiger partial charge in [0, 0.05) is 39.3 Å². The fraction of sp³-hybridized carbons (Fsp3) is 0.407. The smallest absolute Gasteiger partial charge is 0.266 e. The molecule has 0 unspecified atom stereocenters. The van der Waals surface area contributed by atoms with Gasteiger partial charge in [0.15, 0.2) is 5.17 Å². The van der Waals surface area contributed by atoms with E-state index in [-0.39, 0.29) is 11.7 Å². The zero-order valence-corrected chi connectivity index (χ0v) is 21.1. The normalized spacial score (nSPS) is 21.6. The molecule has 3 fully saturated rings. The van der Waals surface area contributed by atoms with Gasteiger partial charge in [-0.25, -0.2) is 9.38 Å². The number of hydrogen-bond donors (Lipinski definition) is 0. The molecule has 3 aliphatic rings. The summed E-state index contributed by atoms with van der Waals surface area (Å²) < 4.78 is 25.7. The van der Waals surface area contributed by atoms with Crippen molar-refractivity contribution in [3.63, 3.8) is 0 Å². The van der Waals surface area contributed by atoms with Crippen LogP contribution in [0.4, 0.5) is 15.8 Å². The van der Waals surface area contributed by atoms with Crippen molar-refractivity contribution >= 4 is 40.3 Å². The molecule has 0 radical (unpaired) electrons. The van der Waals surface area contributed by atoms with Gasteiger partial charge in [-0.3, -0.25) is 14.6 Å². The first kappa shape index (κ1) is 25.0. The van der Waals surface area contributed by atoms with Crippen LogP contribution in [-0.2, 0) is 14.3 Å². The Morgan fingerprint density at radius 2 is 1.67 bits per heavy atom. The van der Waals surface area contributed by atoms with Gasteiger partial charge in [0.05, 0.1) is 42.7 Å². The SMILES string of the molecule is O=C1/C(=C/c2ccc(N3CCOCC3)c(F)c2)SC(=Nc2ccccc2)N1CCCN1CCOCC1. The Bertz CT molecular complexity index is 1120. The van der Waals surface area contributed by atoms with E-state index in [4.69, 9.17) is 14.5 Å². The van der Waals surface area contributed by atoms with Crippen molar-refractivity contribution in [1.29, 1.82) is 0 Å². The molecular formula is C27H31FN4O3S. The summed E-state index contributed by atoms with van der Waals surface area (Å²) in [6.07, 6.45) is 2.61. The van der Waals surface area contributed by atoms with Crippen LogP contribution in [-0.4, -0.2) is 86.6 Å². The van der Waals surface area contributed by atoms with E-state index in [1.54, 1.807) is 17.0 Å². The van der Waals surface area contributed by atoms with Crippen molar-refractivity contribution in [2.75, 3.05) is 70.6 Å². The molecule has 36 heavy (non-hydrogen) atoms. The third-order valence-electron chi connectivity index (χ3n) is 6.45. The van der Waals surface area contributed by atoms with Gasteiger partial charge < -0.3 is 14.4 Å². The van der Waals surface area contributed by atoms with Crippen LogP contribution in [0.25, 0.3) is 6.08 Å². The van der Waals surface area contributed by atoms with Gasteiger partial charge in [0.25, 0.3) is 5.91 Å². The van der Waals surface area contributed by atoms with E-state index in [1.807, 2.05) is 41.3 Å². The first-order valence-corrected chi connectivity index (χ1v) is 13.3. The third-order valence-corrected chi connectivity index (χ3v) is 7.46. The number of morpholine rings is 2. The van der Waals surface area contributed by atoms with Gasteiger partial charge in [-0.15, -0.1) is 0 Å². The van der Waals surface area contributed by atoms with Gasteiger partial charge in [-0.1, -0.05) is 24.3 Å². The van der Waals surface area contributed by atoms with Gasteiger partial charge in [0.1, 0.15) is 5.82 Å². The molecule has 3 saturated heterocycles. The molecule has 0 saturated carbocycles. The van der Waals surface area contributed by atoms with Gasteiger partial charge in [0.2, 0.25) is 0 Å². The van der Waals surface area contributed by atoms with Crippen molar-refractivity contribution in [3.05, 3.63) is 64.8 Å². The quantitative estimate of drug-likeness (QED) is 0.525. The molecule has 2 aromatic carbocycles. The van der Waals surface area contributed by atoms with Crippen molar-refractivity contribution < 1.29 is 18.7 Å². The van der Waals surface area contributed by atoms with Crippen LogP contribution in [0.2, 0.25) is 0 Å². The van der Waals surface area contributed by atoms with Gasteiger partial charge >= 0.3 is 0 Å². The summed E-state index contributed by atoms with van der Waals surface area (Å²) in [7, 11) is 0. The second-order valence-electron chi connectivity index (χ2n) is 8.92. The Labute approximate surface area is 215 Å². The van der Waals surface area contributed by atoms with Crippen molar-refractivity contribution in [2.24, 2.45) is 4.99 Å². The molecule has 0 spiro atoms. The number of aliphatic imine (C=N–C) groups is 1. The fourth-order valence-electron chi connectivity index (χ4n) is 4.50. The largest absolute Gasteiger partial charge is 0.379 e. The summed E-state index contributed by atoms with van der Waals surface area (Å²) in [6, 6.07) is 14.8. The number of hydrogen-bond acceptors (Lipinski definition) is 7. The van der Waals surface area contributed by atoms with Crippen LogP contribution in [0.5, 0.6) is 0 Å². The average molecular weight is 511 g/mol. The Morgan fingerprint density at radius 1 is 0.944 bits per heavy atom. The maximum absolute atomic E-state index is 14.9. The standard InChI is InChI=1S/C27H31FN4O3S/c28-23-19-21(7-8-24(23)31-13-17-35-18-14-31)20-25-26(33)32(10-4-9-30-11-15-34-16-12-30)27(36-25)29-22-5-2-1-3-6-22/h1-3,5-8,19-20H,4,9-18H2/b25-20-,29-27?. The molecule has 0 N–H and O–H groups in total. The van der Waals surface area contributed by atoms with Crippen molar-refractivity contribution in [3.8, 4) is 0 Å². The van der Waals surface area contributed by atoms with E-state index in [9.17, 15) is 9.18 Å². The Hall–Kier alpha value is -2.72. The summed E-state index contributed by atoms with van der Waals surface area (Å²) in [6.45, 7) is 7.38. The minimum absolute atomic E-state index is 0.0886. The molecule has 1 amide bonds. The lowest BCUT2D eigenvalue weighted by Gasteiger charge is -2.29. The maximum Gasteiger partial charge on any atom is 0.266 e. The molecule has 3 heterocycles. The van der Waals surface area contributed by atoms with Crippen LogP contribution in [0.15, 0.2) is 58.4 Å². The lowest BCUT2D eigenvalue weighted by atomic mass is 10.1. The number of halogens is 1. The number of rotatable bonds is 7. The highest BCUT2D eigenvalue weighted by Crippen LogP contribution is 2.35. The summed E-state index contributed by atoms with van der Waals surface area (Å²) in [4.78, 5) is 24.8. The van der Waals surface area contributed by atoms with Crippen molar-refractivity contribution in [1.82, 2.24) is 9.80 Å². The average Bonchev–Trinajstić information content (AvgIpc) is 3.19. The first-order chi connectivity index (χ1) is 17.7. The Morgan fingerprint density at radius 3 is 2.39 bits per heavy atom. The van der Waals surface area contributed by atoms with Crippen molar-refractivity contribution in [2.45, 2.75) is 6.42 Å². The lowest BCUT2D eigenvalue weighted by Crippen LogP contribution is -2.38. The van der Waals surface area contributed by atoms with E-state index in [0.717, 1.165) is 45.0 Å². The van der Waals surface area contributed by atoms with E-state index in [1.165, 1.54) is 17.8 Å². The Balaban J connectivity index is 1.33. The molecule has 5 rings (SSSR count). The monoisotopic (exact) mass is 510 g/mol. The molecular weight excluding hydrogens is 479 g/mol. The first-order valence-electron chi connectivity index (χ1n) is 12.4. The minimum Gasteiger partial charge on any atom is -0.379 e. The maximum atomic E-state index is 14.9. The predicted octanol–water partition coefficient (Wildman–Crippen LogP) is 3.99. The number of amidine groups is 1. The van der Waals surface area contributed by atoms with Crippen LogP contribution < -0.4 is 4.90 Å². The highest BCUT2D eigenvalue weighted by Gasteiger charge is 2.33. The van der Waals surface area contributed by atoms with E-state index >= 15 is 0 Å². The molecule has 9 heteroatoms. The van der Waals surface area contributed by atoms with E-state index in [0.29, 0.717) is 54.2 Å². The highest BCUT2D eigenvalue weighted by molar-refractivity contribution is 8.18. The molecule has 3 aliphatic heterocycles. The number of nitrogens with zero attached hydrogens (tertiary/aromatic N) is 4. The molecule has 190 valence electrons. The fourth-order valence-corrected chi connectivity index (χ4v) is 5.53. The minimum atomic E-state index is -0.290. The topological polar surface area (TPSA) is 57.6 Å². The number of carbonyl (C=O) groups is 1. The second kappa shape index (κ2) is 12.0. The van der Waals surface area contributed by atoms with E-state index < -0.39 is 0 Å². The Kier molecular flexibility index (Phi) is 8.32. The summed E-state index contributed by atoms with van der Waals surface area (Å²) >= 11 is 1.35. The zero-order valence-electron chi connectivity index (χ0n) is 20.3. The number of thioether (sulfide) groups is 1. The number of ether oxygens (including phenoxy) is 2. The van der Waals surface area contributed by atoms with Crippen LogP contribution >= 0.6 is 11.8 Å². The number of benzene rings is 2. The van der Waals surface area contributed by atoms with Crippen LogP contribution in [0.3, 0.4) is 0 Å². The molecule has 0 aromatic heterocycles.